The van der Waals surface area contributed by atoms with Gasteiger partial charge in [0.25, 0.3) is 5.91 Å². The molecule has 0 spiro atoms. The number of amides is 1. The zero-order valence-electron chi connectivity index (χ0n) is 22.9. The van der Waals surface area contributed by atoms with Crippen molar-refractivity contribution in [1.29, 1.82) is 0 Å². The van der Waals surface area contributed by atoms with Crippen LogP contribution in [0.5, 0.6) is 11.6 Å². The summed E-state index contributed by atoms with van der Waals surface area (Å²) >= 11 is 0. The molecule has 2 aromatic carbocycles. The van der Waals surface area contributed by atoms with Crippen molar-refractivity contribution >= 4 is 34.0 Å². The Balaban J connectivity index is 1.33. The Morgan fingerprint density at radius 3 is 2.49 bits per heavy atom. The van der Waals surface area contributed by atoms with Crippen LogP contribution >= 0.6 is 0 Å². The molecule has 2 N–H and O–H groups in total. The van der Waals surface area contributed by atoms with Crippen LogP contribution < -0.4 is 15.0 Å². The van der Waals surface area contributed by atoms with Gasteiger partial charge in [-0.25, -0.2) is 18.7 Å². The van der Waals surface area contributed by atoms with Gasteiger partial charge in [0.1, 0.15) is 11.9 Å². The van der Waals surface area contributed by atoms with Gasteiger partial charge in [-0.2, -0.15) is 0 Å². The maximum absolute atomic E-state index is 15.4. The molecular weight excluding hydrogens is 532 g/mol. The minimum atomic E-state index is -0.761. The van der Waals surface area contributed by atoms with Gasteiger partial charge in [-0.3, -0.25) is 4.79 Å². The van der Waals surface area contributed by atoms with E-state index in [1.165, 1.54) is 12.4 Å². The van der Waals surface area contributed by atoms with E-state index in [4.69, 9.17) is 9.47 Å². The largest absolute Gasteiger partial charge is 0.435 e. The van der Waals surface area contributed by atoms with Crippen molar-refractivity contribution in [2.75, 3.05) is 69.7 Å². The zero-order valence-corrected chi connectivity index (χ0v) is 22.9. The monoisotopic (exact) mass is 563 g/mol. The van der Waals surface area contributed by atoms with Gasteiger partial charge in [-0.05, 0) is 44.3 Å². The number of aromatic amines is 1. The molecule has 1 amide bonds. The molecule has 2 aliphatic heterocycles. The maximum Gasteiger partial charge on any atom is 0.263 e. The second-order valence-corrected chi connectivity index (χ2v) is 10.3. The van der Waals surface area contributed by atoms with E-state index in [2.05, 4.69) is 37.1 Å². The van der Waals surface area contributed by atoms with E-state index in [0.29, 0.717) is 37.7 Å². The third kappa shape index (κ3) is 5.52. The number of fused-ring (bicyclic) bond motifs is 1. The van der Waals surface area contributed by atoms with Crippen LogP contribution in [0.2, 0.25) is 0 Å². The fraction of sp³-hybridized carbons (Fsp3) is 0.345. The van der Waals surface area contributed by atoms with Crippen LogP contribution in [0.15, 0.2) is 42.7 Å². The summed E-state index contributed by atoms with van der Waals surface area (Å²) in [5.41, 5.74) is 2.47. The van der Waals surface area contributed by atoms with Crippen LogP contribution in [-0.2, 0) is 4.74 Å². The summed E-state index contributed by atoms with van der Waals surface area (Å²) in [4.78, 5) is 31.3. The van der Waals surface area contributed by atoms with Gasteiger partial charge in [0, 0.05) is 67.8 Å². The van der Waals surface area contributed by atoms with Gasteiger partial charge in [-0.15, -0.1) is 0 Å². The van der Waals surface area contributed by atoms with E-state index in [-0.39, 0.29) is 33.9 Å². The van der Waals surface area contributed by atoms with Gasteiger partial charge in [0.2, 0.25) is 5.88 Å². The van der Waals surface area contributed by atoms with Crippen LogP contribution in [0, 0.1) is 18.6 Å². The Hall–Kier alpha value is -4.29. The summed E-state index contributed by atoms with van der Waals surface area (Å²) < 4.78 is 41.5. The molecule has 0 radical (unpaired) electrons. The summed E-state index contributed by atoms with van der Waals surface area (Å²) in [7, 11) is 2.12. The molecule has 0 saturated carbocycles. The summed E-state index contributed by atoms with van der Waals surface area (Å²) in [6.45, 7) is 7.09. The Morgan fingerprint density at radius 2 is 1.76 bits per heavy atom. The summed E-state index contributed by atoms with van der Waals surface area (Å²) in [6, 6.07) is 10.3. The molecular formula is C29H31F2N7O3. The number of carbonyl (C=O) groups is 1. The molecule has 214 valence electrons. The third-order valence-electron chi connectivity index (χ3n) is 7.43. The summed E-state index contributed by atoms with van der Waals surface area (Å²) in [5, 5.41) is 3.25. The highest BCUT2D eigenvalue weighted by Gasteiger charge is 2.28. The van der Waals surface area contributed by atoms with Crippen molar-refractivity contribution in [2.24, 2.45) is 0 Å². The smallest absolute Gasteiger partial charge is 0.263 e. The molecule has 4 aromatic rings. The first kappa shape index (κ1) is 26.9. The number of nitrogens with zero attached hydrogens (tertiary/aromatic N) is 5. The third-order valence-corrected chi connectivity index (χ3v) is 7.43. The molecule has 41 heavy (non-hydrogen) atoms. The number of halogens is 2. The second kappa shape index (κ2) is 11.3. The lowest BCUT2D eigenvalue weighted by Crippen LogP contribution is -2.44. The topological polar surface area (TPSA) is 98.8 Å². The highest BCUT2D eigenvalue weighted by Crippen LogP contribution is 2.35. The van der Waals surface area contributed by atoms with Crippen molar-refractivity contribution in [1.82, 2.24) is 24.8 Å². The predicted molar refractivity (Wildman–Crippen MR) is 151 cm³/mol. The van der Waals surface area contributed by atoms with E-state index in [9.17, 15) is 9.18 Å². The first-order chi connectivity index (χ1) is 19.9. The summed E-state index contributed by atoms with van der Waals surface area (Å²) in [5.74, 6) is -2.22. The van der Waals surface area contributed by atoms with E-state index in [1.807, 2.05) is 24.3 Å². The van der Waals surface area contributed by atoms with E-state index < -0.39 is 17.5 Å². The van der Waals surface area contributed by atoms with Gasteiger partial charge < -0.3 is 34.5 Å². The normalized spacial score (nSPS) is 16.3. The van der Waals surface area contributed by atoms with Crippen LogP contribution in [0.1, 0.15) is 16.1 Å². The molecule has 2 fully saturated rings. The Labute approximate surface area is 235 Å². The number of aryl methyl sites for hydroxylation is 1. The van der Waals surface area contributed by atoms with E-state index in [0.717, 1.165) is 37.9 Å². The summed E-state index contributed by atoms with van der Waals surface area (Å²) in [6.07, 6.45) is 1.22. The van der Waals surface area contributed by atoms with Crippen LogP contribution in [0.3, 0.4) is 0 Å². The van der Waals surface area contributed by atoms with Gasteiger partial charge in [0.05, 0.1) is 18.7 Å². The molecule has 2 aromatic heterocycles. The van der Waals surface area contributed by atoms with Crippen molar-refractivity contribution in [3.63, 3.8) is 0 Å². The Bertz CT molecular complexity index is 1560. The molecule has 0 unspecified atom stereocenters. The lowest BCUT2D eigenvalue weighted by molar-refractivity contribution is 0.0301. The average molecular weight is 564 g/mol. The van der Waals surface area contributed by atoms with Crippen LogP contribution in [0.4, 0.5) is 26.0 Å². The van der Waals surface area contributed by atoms with Crippen molar-refractivity contribution < 1.29 is 23.0 Å². The number of ether oxygens (including phenoxy) is 2. The minimum Gasteiger partial charge on any atom is -0.435 e. The zero-order chi connectivity index (χ0) is 28.5. The molecule has 4 heterocycles. The lowest BCUT2D eigenvalue weighted by Gasteiger charge is -2.34. The number of aromatic nitrogens is 3. The predicted octanol–water partition coefficient (Wildman–Crippen LogP) is 4.30. The molecule has 0 aliphatic carbocycles. The van der Waals surface area contributed by atoms with E-state index >= 15 is 4.39 Å². The first-order valence-corrected chi connectivity index (χ1v) is 13.5. The molecule has 10 nitrogen and oxygen atoms in total. The molecule has 0 bridgehead atoms. The number of likely N-dealkylation sites (N-methyl/N-ethyl adjacent to an activating group) is 1. The van der Waals surface area contributed by atoms with Gasteiger partial charge in [-0.1, -0.05) is 0 Å². The number of H-pyrrole nitrogens is 1. The van der Waals surface area contributed by atoms with Crippen LogP contribution in [0.25, 0.3) is 10.9 Å². The number of hydrogen-bond donors (Lipinski definition) is 2. The van der Waals surface area contributed by atoms with Crippen LogP contribution in [-0.4, -0.2) is 90.2 Å². The number of hydrogen-bond acceptors (Lipinski definition) is 8. The number of piperazine rings is 1. The number of benzene rings is 2. The standard InChI is InChI=1S/C29H31F2N7O3/c1-18-15-21-25(31)23(16-22(30)26(21)34-18)41-28-24(29(39)38-11-13-40-14-12-38)27(32-17-33-28)35-19-3-5-20(6-4-19)37-9-7-36(2)8-10-37/h3-6,15-17,34H,7-14H2,1-2H3,(H,32,33,35). The number of nitrogens with one attached hydrogen (secondary N) is 2. The van der Waals surface area contributed by atoms with Crippen molar-refractivity contribution in [2.45, 2.75) is 6.92 Å². The lowest BCUT2D eigenvalue weighted by atomic mass is 10.2. The van der Waals surface area contributed by atoms with Crippen molar-refractivity contribution in [3.05, 3.63) is 65.6 Å². The molecule has 2 saturated heterocycles. The SMILES string of the molecule is Cc1cc2c(F)c(Oc3ncnc(Nc4ccc(N5CCN(C)CC5)cc4)c3C(=O)N3CCOCC3)cc(F)c2[nH]1. The minimum absolute atomic E-state index is 0.0164. The molecule has 0 atom stereocenters. The van der Waals surface area contributed by atoms with Gasteiger partial charge in [0.15, 0.2) is 23.2 Å². The Kier molecular flexibility index (Phi) is 7.41. The number of anilines is 3. The fourth-order valence-electron chi connectivity index (χ4n) is 5.13. The number of carbonyl (C=O) groups excluding carboxylic acids is 1. The number of rotatable bonds is 6. The van der Waals surface area contributed by atoms with Gasteiger partial charge >= 0.3 is 0 Å². The Morgan fingerprint density at radius 1 is 1.02 bits per heavy atom. The quantitative estimate of drug-likeness (QED) is 0.358. The maximum atomic E-state index is 15.4. The fourth-order valence-corrected chi connectivity index (χ4v) is 5.13. The van der Waals surface area contributed by atoms with E-state index in [1.54, 1.807) is 11.8 Å². The van der Waals surface area contributed by atoms with Crippen molar-refractivity contribution in [3.8, 4) is 11.6 Å². The first-order valence-electron chi connectivity index (χ1n) is 13.5. The number of morpholine rings is 1. The highest BCUT2D eigenvalue weighted by atomic mass is 19.1. The molecule has 6 rings (SSSR count). The molecule has 2 aliphatic rings. The second-order valence-electron chi connectivity index (χ2n) is 10.3. The molecule has 12 heteroatoms. The highest BCUT2D eigenvalue weighted by molar-refractivity contribution is 6.01. The average Bonchev–Trinajstić information content (AvgIpc) is 3.39.